The maximum atomic E-state index is 11.5. The monoisotopic (exact) mass is 269 g/mol. The molecule has 0 radical (unpaired) electrons. The Morgan fingerprint density at radius 3 is 2.65 bits per heavy atom. The number of ketones is 1. The van der Waals surface area contributed by atoms with E-state index in [0.29, 0.717) is 18.8 Å². The summed E-state index contributed by atoms with van der Waals surface area (Å²) in [4.78, 5) is 15.9. The van der Waals surface area contributed by atoms with E-state index in [2.05, 4.69) is 17.1 Å². The minimum absolute atomic E-state index is 0.101. The van der Waals surface area contributed by atoms with Crippen molar-refractivity contribution in [2.45, 2.75) is 44.1 Å². The molecule has 3 nitrogen and oxygen atoms in total. The number of para-hydroxylation sites is 1. The van der Waals surface area contributed by atoms with Crippen molar-refractivity contribution in [3.63, 3.8) is 0 Å². The normalized spacial score (nSPS) is 26.6. The van der Waals surface area contributed by atoms with Gasteiger partial charge in [-0.15, -0.1) is 0 Å². The van der Waals surface area contributed by atoms with E-state index >= 15 is 0 Å². The summed E-state index contributed by atoms with van der Waals surface area (Å²) in [7, 11) is 0. The van der Waals surface area contributed by atoms with E-state index in [0.717, 1.165) is 18.4 Å². The van der Waals surface area contributed by atoms with Gasteiger partial charge in [-0.05, 0) is 56.2 Å². The van der Waals surface area contributed by atoms with Crippen LogP contribution in [-0.4, -0.2) is 21.5 Å². The number of fused-ring (bicyclic) bond motifs is 1. The molecule has 1 fully saturated rings. The number of carbonyl (C=O) groups is 1. The van der Waals surface area contributed by atoms with Crippen LogP contribution in [0.3, 0.4) is 0 Å². The van der Waals surface area contributed by atoms with Gasteiger partial charge in [-0.1, -0.05) is 18.2 Å². The number of aliphatic hydroxyl groups is 1. The summed E-state index contributed by atoms with van der Waals surface area (Å²) in [6, 6.07) is 10.2. The summed E-state index contributed by atoms with van der Waals surface area (Å²) in [5, 5.41) is 11.5. The van der Waals surface area contributed by atoms with Gasteiger partial charge in [-0.3, -0.25) is 9.78 Å². The van der Waals surface area contributed by atoms with Gasteiger partial charge < -0.3 is 5.11 Å². The predicted octanol–water partition coefficient (Wildman–Crippen LogP) is 3.21. The molecule has 3 rings (SSSR count). The molecule has 1 aromatic heterocycles. The van der Waals surface area contributed by atoms with Gasteiger partial charge in [0.25, 0.3) is 0 Å². The van der Waals surface area contributed by atoms with Crippen molar-refractivity contribution in [1.82, 2.24) is 4.98 Å². The zero-order valence-electron chi connectivity index (χ0n) is 11.7. The Balaban J connectivity index is 1.89. The van der Waals surface area contributed by atoms with Crippen LogP contribution in [0.4, 0.5) is 0 Å². The Morgan fingerprint density at radius 1 is 1.25 bits per heavy atom. The van der Waals surface area contributed by atoms with E-state index < -0.39 is 5.60 Å². The van der Waals surface area contributed by atoms with Gasteiger partial charge in [-0.2, -0.15) is 0 Å². The van der Waals surface area contributed by atoms with Crippen LogP contribution in [0.25, 0.3) is 10.9 Å². The summed E-state index contributed by atoms with van der Waals surface area (Å²) in [5.74, 6) is 0.304. The molecular formula is C17H19NO2. The molecule has 0 atom stereocenters. The molecule has 1 aliphatic carbocycles. The van der Waals surface area contributed by atoms with Crippen LogP contribution in [-0.2, 0) is 4.79 Å². The van der Waals surface area contributed by atoms with Crippen molar-refractivity contribution < 1.29 is 9.90 Å². The standard InChI is InChI=1S/C17H19NO2/c1-12(19)17(20)9-6-13(7-10-17)14-8-11-18-16-5-3-2-4-15(14)16/h2-5,8,11,13,20H,6-7,9-10H2,1H3. The first kappa shape index (κ1) is 13.3. The third-order valence-electron chi connectivity index (χ3n) is 4.59. The molecule has 0 saturated heterocycles. The van der Waals surface area contributed by atoms with Crippen LogP contribution < -0.4 is 0 Å². The maximum Gasteiger partial charge on any atom is 0.161 e. The molecule has 20 heavy (non-hydrogen) atoms. The Labute approximate surface area is 118 Å². The van der Waals surface area contributed by atoms with E-state index in [1.807, 2.05) is 24.4 Å². The molecular weight excluding hydrogens is 250 g/mol. The van der Waals surface area contributed by atoms with E-state index in [4.69, 9.17) is 0 Å². The number of pyridine rings is 1. The predicted molar refractivity (Wildman–Crippen MR) is 78.6 cm³/mol. The molecule has 0 aliphatic heterocycles. The van der Waals surface area contributed by atoms with Crippen molar-refractivity contribution in [1.29, 1.82) is 0 Å². The quantitative estimate of drug-likeness (QED) is 0.910. The molecule has 1 heterocycles. The Hall–Kier alpha value is -1.74. The summed E-state index contributed by atoms with van der Waals surface area (Å²) < 4.78 is 0. The zero-order chi connectivity index (χ0) is 14.2. The highest BCUT2D eigenvalue weighted by atomic mass is 16.3. The highest BCUT2D eigenvalue weighted by Crippen LogP contribution is 2.40. The van der Waals surface area contributed by atoms with Gasteiger partial charge >= 0.3 is 0 Å². The maximum absolute atomic E-state index is 11.5. The number of hydrogen-bond acceptors (Lipinski definition) is 3. The number of benzene rings is 1. The number of Topliss-reactive ketones (excluding diaryl/α,β-unsaturated/α-hetero) is 1. The molecule has 2 aromatic rings. The molecule has 1 N–H and O–H groups in total. The fraction of sp³-hybridized carbons (Fsp3) is 0.412. The van der Waals surface area contributed by atoms with Crippen molar-refractivity contribution in [3.05, 3.63) is 42.1 Å². The number of nitrogens with zero attached hydrogens (tertiary/aromatic N) is 1. The fourth-order valence-electron chi connectivity index (χ4n) is 3.23. The lowest BCUT2D eigenvalue weighted by Gasteiger charge is -2.34. The van der Waals surface area contributed by atoms with E-state index in [9.17, 15) is 9.90 Å². The molecule has 1 saturated carbocycles. The first-order chi connectivity index (χ1) is 9.60. The van der Waals surface area contributed by atoms with Crippen molar-refractivity contribution in [2.75, 3.05) is 0 Å². The summed E-state index contributed by atoms with van der Waals surface area (Å²) in [5.41, 5.74) is 1.21. The third-order valence-corrected chi connectivity index (χ3v) is 4.59. The van der Waals surface area contributed by atoms with Crippen LogP contribution in [0.1, 0.15) is 44.1 Å². The van der Waals surface area contributed by atoms with Crippen molar-refractivity contribution in [2.24, 2.45) is 0 Å². The van der Waals surface area contributed by atoms with E-state index in [1.54, 1.807) is 0 Å². The van der Waals surface area contributed by atoms with Crippen LogP contribution in [0, 0.1) is 0 Å². The zero-order valence-corrected chi connectivity index (χ0v) is 11.7. The molecule has 3 heteroatoms. The molecule has 0 spiro atoms. The number of carbonyl (C=O) groups excluding carboxylic acids is 1. The fourth-order valence-corrected chi connectivity index (χ4v) is 3.23. The average Bonchev–Trinajstić information content (AvgIpc) is 2.47. The smallest absolute Gasteiger partial charge is 0.161 e. The van der Waals surface area contributed by atoms with Crippen LogP contribution in [0.5, 0.6) is 0 Å². The lowest BCUT2D eigenvalue weighted by Crippen LogP contribution is -2.40. The highest BCUT2D eigenvalue weighted by Gasteiger charge is 2.37. The Bertz CT molecular complexity index is 637. The molecule has 0 unspecified atom stereocenters. The molecule has 1 aromatic carbocycles. The van der Waals surface area contributed by atoms with Gasteiger partial charge in [0, 0.05) is 11.6 Å². The van der Waals surface area contributed by atoms with Gasteiger partial charge in [0.2, 0.25) is 0 Å². The first-order valence-corrected chi connectivity index (χ1v) is 7.17. The summed E-state index contributed by atoms with van der Waals surface area (Å²) in [6.07, 6.45) is 4.67. The minimum atomic E-state index is -1.10. The molecule has 104 valence electrons. The second-order valence-electron chi connectivity index (χ2n) is 5.78. The SMILES string of the molecule is CC(=O)C1(O)CCC(c2ccnc3ccccc23)CC1. The molecule has 0 amide bonds. The molecule has 0 bridgehead atoms. The summed E-state index contributed by atoms with van der Waals surface area (Å²) in [6.45, 7) is 1.49. The van der Waals surface area contributed by atoms with Gasteiger partial charge in [0.05, 0.1) is 5.52 Å². The molecule has 1 aliphatic rings. The van der Waals surface area contributed by atoms with Crippen LogP contribution in [0.15, 0.2) is 36.5 Å². The van der Waals surface area contributed by atoms with Gasteiger partial charge in [-0.25, -0.2) is 0 Å². The average molecular weight is 269 g/mol. The number of rotatable bonds is 2. The third kappa shape index (κ3) is 2.22. The summed E-state index contributed by atoms with van der Waals surface area (Å²) >= 11 is 0. The number of aromatic nitrogens is 1. The Kier molecular flexibility index (Phi) is 3.30. The second kappa shape index (κ2) is 4.98. The minimum Gasteiger partial charge on any atom is -0.382 e. The van der Waals surface area contributed by atoms with Crippen LogP contribution in [0.2, 0.25) is 0 Å². The second-order valence-corrected chi connectivity index (χ2v) is 5.78. The topological polar surface area (TPSA) is 50.2 Å². The highest BCUT2D eigenvalue weighted by molar-refractivity contribution is 5.85. The Morgan fingerprint density at radius 2 is 1.95 bits per heavy atom. The van der Waals surface area contributed by atoms with Crippen molar-refractivity contribution >= 4 is 16.7 Å². The van der Waals surface area contributed by atoms with Crippen LogP contribution >= 0.6 is 0 Å². The lowest BCUT2D eigenvalue weighted by atomic mass is 9.74. The van der Waals surface area contributed by atoms with Gasteiger partial charge in [0.15, 0.2) is 5.78 Å². The van der Waals surface area contributed by atoms with E-state index in [-0.39, 0.29) is 5.78 Å². The van der Waals surface area contributed by atoms with Gasteiger partial charge in [0.1, 0.15) is 5.60 Å². The number of hydrogen-bond donors (Lipinski definition) is 1. The van der Waals surface area contributed by atoms with Crippen molar-refractivity contribution in [3.8, 4) is 0 Å². The largest absolute Gasteiger partial charge is 0.382 e. The lowest BCUT2D eigenvalue weighted by molar-refractivity contribution is -0.138. The van der Waals surface area contributed by atoms with E-state index in [1.165, 1.54) is 17.9 Å². The first-order valence-electron chi connectivity index (χ1n) is 7.17.